The van der Waals surface area contributed by atoms with Crippen LogP contribution in [0.3, 0.4) is 0 Å². The fourth-order valence-electron chi connectivity index (χ4n) is 0.784. The first-order valence-corrected chi connectivity index (χ1v) is 5.45. The predicted molar refractivity (Wildman–Crippen MR) is 62.5 cm³/mol. The number of carbonyl (C=O) groups is 2. The largest absolute Gasteiger partial charge is 0.359 e. The Hall–Kier alpha value is -1.06. The number of nitrogens with one attached hydrogen (secondary N) is 2. The van der Waals surface area contributed by atoms with Gasteiger partial charge in [-0.05, 0) is 12.8 Å². The van der Waals surface area contributed by atoms with E-state index in [2.05, 4.69) is 10.6 Å². The molecule has 0 aromatic rings. The van der Waals surface area contributed by atoms with Crippen molar-refractivity contribution < 1.29 is 9.59 Å². The van der Waals surface area contributed by atoms with Crippen molar-refractivity contribution in [2.75, 3.05) is 14.1 Å². The lowest BCUT2D eigenvalue weighted by Gasteiger charge is -2.03. The Morgan fingerprint density at radius 2 is 1.67 bits per heavy atom. The fraction of sp³-hybridized carbons (Fsp3) is 0.818. The minimum absolute atomic E-state index is 0.127. The third-order valence-electron chi connectivity index (χ3n) is 2.06. The molecule has 2 amide bonds. The minimum Gasteiger partial charge on any atom is -0.359 e. The molecule has 0 aliphatic carbocycles. The van der Waals surface area contributed by atoms with Crippen molar-refractivity contribution in [3.63, 3.8) is 0 Å². The van der Waals surface area contributed by atoms with Gasteiger partial charge in [-0.2, -0.15) is 0 Å². The number of amides is 2. The van der Waals surface area contributed by atoms with Crippen LogP contribution in [0, 0.1) is 5.92 Å². The van der Waals surface area contributed by atoms with Crippen LogP contribution in [0.15, 0.2) is 0 Å². The Kier molecular flexibility index (Phi) is 12.0. The van der Waals surface area contributed by atoms with E-state index >= 15 is 0 Å². The van der Waals surface area contributed by atoms with Crippen LogP contribution in [-0.4, -0.2) is 25.9 Å². The monoisotopic (exact) mass is 216 g/mol. The molecule has 0 aromatic carbocycles. The molecule has 0 radical (unpaired) electrons. The predicted octanol–water partition coefficient (Wildman–Crippen LogP) is 1.31. The fourth-order valence-corrected chi connectivity index (χ4v) is 0.784. The molecule has 0 spiro atoms. The molecule has 0 saturated heterocycles. The standard InChI is InChI=1S/C6H13NO.C5H11NO/c1-4-5(2)6(8)7-3;1-3-4-5(7)6-2/h5H,4H2,1-3H3,(H,7,8);3-4H2,1-2H3,(H,6,7). The molecule has 0 rings (SSSR count). The van der Waals surface area contributed by atoms with Gasteiger partial charge in [-0.25, -0.2) is 0 Å². The summed E-state index contributed by atoms with van der Waals surface area (Å²) in [5.74, 6) is 0.426. The number of rotatable bonds is 4. The Morgan fingerprint density at radius 3 is 1.80 bits per heavy atom. The molecule has 0 fully saturated rings. The highest BCUT2D eigenvalue weighted by Crippen LogP contribution is 1.97. The van der Waals surface area contributed by atoms with Crippen molar-refractivity contribution in [3.05, 3.63) is 0 Å². The Morgan fingerprint density at radius 1 is 1.13 bits per heavy atom. The summed E-state index contributed by atoms with van der Waals surface area (Å²) in [6, 6.07) is 0. The minimum atomic E-state index is 0.127. The molecule has 15 heavy (non-hydrogen) atoms. The zero-order valence-corrected chi connectivity index (χ0v) is 10.5. The lowest BCUT2D eigenvalue weighted by molar-refractivity contribution is -0.124. The molecule has 0 aliphatic rings. The number of hydrogen-bond acceptors (Lipinski definition) is 2. The SMILES string of the molecule is CCC(C)C(=O)NC.CCCC(=O)NC. The Balaban J connectivity index is 0. The highest BCUT2D eigenvalue weighted by Gasteiger charge is 2.05. The molecule has 4 nitrogen and oxygen atoms in total. The van der Waals surface area contributed by atoms with E-state index in [9.17, 15) is 9.59 Å². The second-order valence-electron chi connectivity index (χ2n) is 3.35. The lowest BCUT2D eigenvalue weighted by atomic mass is 10.1. The molecule has 0 aromatic heterocycles. The summed E-state index contributed by atoms with van der Waals surface area (Å²) in [6.45, 7) is 5.90. The van der Waals surface area contributed by atoms with Gasteiger partial charge in [-0.15, -0.1) is 0 Å². The molecular formula is C11H24N2O2. The van der Waals surface area contributed by atoms with E-state index in [-0.39, 0.29) is 17.7 Å². The Labute approximate surface area is 92.8 Å². The molecule has 1 unspecified atom stereocenters. The van der Waals surface area contributed by atoms with Crippen molar-refractivity contribution in [3.8, 4) is 0 Å². The van der Waals surface area contributed by atoms with E-state index in [1.54, 1.807) is 14.1 Å². The van der Waals surface area contributed by atoms with Crippen LogP contribution in [0.2, 0.25) is 0 Å². The lowest BCUT2D eigenvalue weighted by Crippen LogP contribution is -2.24. The summed E-state index contributed by atoms with van der Waals surface area (Å²) in [7, 11) is 3.31. The van der Waals surface area contributed by atoms with Gasteiger partial charge in [0.15, 0.2) is 0 Å². The quantitative estimate of drug-likeness (QED) is 0.744. The second kappa shape index (κ2) is 11.0. The van der Waals surface area contributed by atoms with Crippen LogP contribution in [0.5, 0.6) is 0 Å². The van der Waals surface area contributed by atoms with Crippen molar-refractivity contribution in [2.45, 2.75) is 40.0 Å². The molecule has 0 aliphatic heterocycles. The van der Waals surface area contributed by atoms with Crippen molar-refractivity contribution in [1.29, 1.82) is 0 Å². The summed E-state index contributed by atoms with van der Waals surface area (Å²) in [5, 5.41) is 5.10. The van der Waals surface area contributed by atoms with E-state index in [0.29, 0.717) is 6.42 Å². The van der Waals surface area contributed by atoms with Crippen molar-refractivity contribution >= 4 is 11.8 Å². The van der Waals surface area contributed by atoms with Gasteiger partial charge >= 0.3 is 0 Å². The second-order valence-corrected chi connectivity index (χ2v) is 3.35. The molecule has 4 heteroatoms. The molecule has 0 heterocycles. The maximum Gasteiger partial charge on any atom is 0.222 e. The van der Waals surface area contributed by atoms with Gasteiger partial charge in [0.2, 0.25) is 11.8 Å². The average Bonchev–Trinajstić information content (AvgIpc) is 2.27. The van der Waals surface area contributed by atoms with E-state index in [1.807, 2.05) is 20.8 Å². The first kappa shape index (κ1) is 16.4. The molecule has 0 bridgehead atoms. The highest BCUT2D eigenvalue weighted by atomic mass is 16.2. The van der Waals surface area contributed by atoms with Crippen LogP contribution in [0.1, 0.15) is 40.0 Å². The topological polar surface area (TPSA) is 58.2 Å². The zero-order chi connectivity index (χ0) is 12.3. The summed E-state index contributed by atoms with van der Waals surface area (Å²) < 4.78 is 0. The highest BCUT2D eigenvalue weighted by molar-refractivity contribution is 5.77. The third kappa shape index (κ3) is 10.9. The maximum atomic E-state index is 10.6. The summed E-state index contributed by atoms with van der Waals surface area (Å²) >= 11 is 0. The molecule has 90 valence electrons. The molecule has 2 N–H and O–H groups in total. The molecule has 0 saturated carbocycles. The van der Waals surface area contributed by atoms with Crippen LogP contribution in [0.4, 0.5) is 0 Å². The van der Waals surface area contributed by atoms with Gasteiger partial charge in [0.05, 0.1) is 0 Å². The summed E-state index contributed by atoms with van der Waals surface area (Å²) in [5.41, 5.74) is 0. The van der Waals surface area contributed by atoms with Crippen LogP contribution >= 0.6 is 0 Å². The first-order valence-electron chi connectivity index (χ1n) is 5.45. The number of hydrogen-bond donors (Lipinski definition) is 2. The molecular weight excluding hydrogens is 192 g/mol. The van der Waals surface area contributed by atoms with E-state index in [4.69, 9.17) is 0 Å². The smallest absolute Gasteiger partial charge is 0.222 e. The third-order valence-corrected chi connectivity index (χ3v) is 2.06. The normalized spacial score (nSPS) is 10.7. The summed E-state index contributed by atoms with van der Waals surface area (Å²) in [6.07, 6.45) is 2.50. The average molecular weight is 216 g/mol. The van der Waals surface area contributed by atoms with E-state index < -0.39 is 0 Å². The van der Waals surface area contributed by atoms with E-state index in [1.165, 1.54) is 0 Å². The summed E-state index contributed by atoms with van der Waals surface area (Å²) in [4.78, 5) is 20.9. The first-order chi connectivity index (χ1) is 7.03. The van der Waals surface area contributed by atoms with Crippen LogP contribution < -0.4 is 10.6 Å². The zero-order valence-electron chi connectivity index (χ0n) is 10.5. The van der Waals surface area contributed by atoms with E-state index in [0.717, 1.165) is 12.8 Å². The van der Waals surface area contributed by atoms with Crippen molar-refractivity contribution in [2.24, 2.45) is 5.92 Å². The van der Waals surface area contributed by atoms with Gasteiger partial charge < -0.3 is 10.6 Å². The molecule has 1 atom stereocenters. The Bertz CT molecular complexity index is 181. The van der Waals surface area contributed by atoms with Crippen LogP contribution in [0.25, 0.3) is 0 Å². The van der Waals surface area contributed by atoms with Gasteiger partial charge in [-0.1, -0.05) is 20.8 Å². The van der Waals surface area contributed by atoms with Gasteiger partial charge in [-0.3, -0.25) is 9.59 Å². The van der Waals surface area contributed by atoms with Crippen LogP contribution in [-0.2, 0) is 9.59 Å². The van der Waals surface area contributed by atoms with Gasteiger partial charge in [0.1, 0.15) is 0 Å². The maximum absolute atomic E-state index is 10.6. The van der Waals surface area contributed by atoms with Crippen molar-refractivity contribution in [1.82, 2.24) is 10.6 Å². The number of carbonyl (C=O) groups excluding carboxylic acids is 2. The van der Waals surface area contributed by atoms with Gasteiger partial charge in [0, 0.05) is 26.4 Å². The van der Waals surface area contributed by atoms with Gasteiger partial charge in [0.25, 0.3) is 0 Å².